The van der Waals surface area contributed by atoms with E-state index in [0.29, 0.717) is 4.99 Å². The summed E-state index contributed by atoms with van der Waals surface area (Å²) in [4.78, 5) is 0.597. The van der Waals surface area contributed by atoms with E-state index < -0.39 is 0 Å². The molecule has 5 heteroatoms. The summed E-state index contributed by atoms with van der Waals surface area (Å²) in [7, 11) is 3.65. The van der Waals surface area contributed by atoms with Gasteiger partial charge in [0.05, 0.1) is 0 Å². The standard InChI is InChI=1S/C4H8N4S/c1-5-3-4(9)6-7-8(3)2/h3,5H,1-2H3. The predicted molar refractivity (Wildman–Crippen MR) is 38.1 cm³/mol. The Hall–Kier alpha value is -0.550. The Bertz CT molecular complexity index is 155. The Balaban J connectivity index is 2.63. The fraction of sp³-hybridized carbons (Fsp3) is 0.750. The lowest BCUT2D eigenvalue weighted by Gasteiger charge is -2.14. The minimum Gasteiger partial charge on any atom is -0.293 e. The molecule has 0 aromatic heterocycles. The Morgan fingerprint density at radius 3 is 2.67 bits per heavy atom. The summed E-state index contributed by atoms with van der Waals surface area (Å²) < 4.78 is 0. The fourth-order valence-corrected chi connectivity index (χ4v) is 0.998. The number of thiocarbonyl (C=S) groups is 1. The summed E-state index contributed by atoms with van der Waals surface area (Å²) in [5.41, 5.74) is 0. The molecule has 0 bridgehead atoms. The summed E-state index contributed by atoms with van der Waals surface area (Å²) in [5, 5.41) is 12.1. The highest BCUT2D eigenvalue weighted by Gasteiger charge is 2.21. The predicted octanol–water partition coefficient (Wildman–Crippen LogP) is 0.172. The average molecular weight is 144 g/mol. The fourth-order valence-electron chi connectivity index (χ4n) is 0.691. The number of hydrogen-bond donors (Lipinski definition) is 1. The van der Waals surface area contributed by atoms with Crippen LogP contribution in [0.4, 0.5) is 0 Å². The van der Waals surface area contributed by atoms with Gasteiger partial charge in [-0.3, -0.25) is 10.3 Å². The number of nitrogens with one attached hydrogen (secondary N) is 1. The molecule has 1 N–H and O–H groups in total. The molecule has 50 valence electrons. The third-order valence-electron chi connectivity index (χ3n) is 1.17. The first-order valence-electron chi connectivity index (χ1n) is 2.61. The van der Waals surface area contributed by atoms with E-state index in [1.54, 1.807) is 5.01 Å². The summed E-state index contributed by atoms with van der Waals surface area (Å²) in [6.07, 6.45) is 0.0139. The normalized spacial score (nSPS) is 25.8. The Morgan fingerprint density at radius 2 is 2.44 bits per heavy atom. The van der Waals surface area contributed by atoms with Crippen LogP contribution in [0.1, 0.15) is 0 Å². The van der Waals surface area contributed by atoms with E-state index in [-0.39, 0.29) is 6.17 Å². The quantitative estimate of drug-likeness (QED) is 0.533. The van der Waals surface area contributed by atoms with Crippen LogP contribution in [0.25, 0.3) is 0 Å². The van der Waals surface area contributed by atoms with E-state index in [0.717, 1.165) is 0 Å². The number of rotatable bonds is 1. The largest absolute Gasteiger partial charge is 0.293 e. The molecule has 0 spiro atoms. The molecule has 1 atom stereocenters. The van der Waals surface area contributed by atoms with Crippen molar-refractivity contribution in [3.05, 3.63) is 0 Å². The van der Waals surface area contributed by atoms with Crippen molar-refractivity contribution in [2.75, 3.05) is 14.1 Å². The van der Waals surface area contributed by atoms with Crippen molar-refractivity contribution in [2.45, 2.75) is 6.17 Å². The molecule has 0 amide bonds. The van der Waals surface area contributed by atoms with Crippen molar-refractivity contribution in [3.63, 3.8) is 0 Å². The van der Waals surface area contributed by atoms with Crippen molar-refractivity contribution in [3.8, 4) is 0 Å². The van der Waals surface area contributed by atoms with Crippen molar-refractivity contribution in [1.82, 2.24) is 10.3 Å². The van der Waals surface area contributed by atoms with E-state index in [1.165, 1.54) is 0 Å². The first-order valence-corrected chi connectivity index (χ1v) is 3.02. The molecule has 4 nitrogen and oxygen atoms in total. The van der Waals surface area contributed by atoms with E-state index in [2.05, 4.69) is 15.7 Å². The van der Waals surface area contributed by atoms with Gasteiger partial charge < -0.3 is 0 Å². The van der Waals surface area contributed by atoms with Crippen LogP contribution in [-0.2, 0) is 0 Å². The van der Waals surface area contributed by atoms with E-state index in [4.69, 9.17) is 12.2 Å². The van der Waals surface area contributed by atoms with Crippen LogP contribution in [0.5, 0.6) is 0 Å². The van der Waals surface area contributed by atoms with Crippen molar-refractivity contribution in [2.24, 2.45) is 10.3 Å². The topological polar surface area (TPSA) is 40.0 Å². The summed E-state index contributed by atoms with van der Waals surface area (Å²) in [6, 6.07) is 0. The molecule has 1 heterocycles. The molecule has 1 rings (SSSR count). The minimum absolute atomic E-state index is 0.0139. The zero-order valence-electron chi connectivity index (χ0n) is 5.33. The molecule has 0 aliphatic carbocycles. The maximum absolute atomic E-state index is 4.85. The zero-order chi connectivity index (χ0) is 6.85. The van der Waals surface area contributed by atoms with Crippen LogP contribution in [0, 0.1) is 0 Å². The van der Waals surface area contributed by atoms with E-state index in [9.17, 15) is 0 Å². The van der Waals surface area contributed by atoms with Gasteiger partial charge in [-0.1, -0.05) is 17.4 Å². The Morgan fingerprint density at radius 1 is 1.78 bits per heavy atom. The van der Waals surface area contributed by atoms with E-state index in [1.807, 2.05) is 14.1 Å². The van der Waals surface area contributed by atoms with Crippen molar-refractivity contribution in [1.29, 1.82) is 0 Å². The van der Waals surface area contributed by atoms with Gasteiger partial charge in [-0.05, 0) is 7.05 Å². The highest BCUT2D eigenvalue weighted by Crippen LogP contribution is 2.06. The van der Waals surface area contributed by atoms with Gasteiger partial charge in [0.25, 0.3) is 0 Å². The molecule has 0 saturated carbocycles. The molecule has 1 aliphatic rings. The lowest BCUT2D eigenvalue weighted by molar-refractivity contribution is 0.295. The van der Waals surface area contributed by atoms with Crippen molar-refractivity contribution < 1.29 is 0 Å². The molecular formula is C4H8N4S. The summed E-state index contributed by atoms with van der Waals surface area (Å²) in [5.74, 6) is 0. The second kappa shape index (κ2) is 2.36. The van der Waals surface area contributed by atoms with Crippen molar-refractivity contribution >= 4 is 17.2 Å². The van der Waals surface area contributed by atoms with Crippen LogP contribution in [0.2, 0.25) is 0 Å². The molecule has 0 fully saturated rings. The first-order chi connectivity index (χ1) is 4.25. The number of nitrogens with zero attached hydrogens (tertiary/aromatic N) is 3. The third kappa shape index (κ3) is 1.06. The van der Waals surface area contributed by atoms with Gasteiger partial charge in [-0.25, -0.2) is 0 Å². The van der Waals surface area contributed by atoms with Gasteiger partial charge in [0.15, 0.2) is 11.2 Å². The second-order valence-corrected chi connectivity index (χ2v) is 2.21. The van der Waals surface area contributed by atoms with Gasteiger partial charge in [0.1, 0.15) is 0 Å². The van der Waals surface area contributed by atoms with Gasteiger partial charge in [-0.2, -0.15) is 0 Å². The molecular weight excluding hydrogens is 136 g/mol. The van der Waals surface area contributed by atoms with Gasteiger partial charge in [0, 0.05) is 7.05 Å². The molecule has 1 unspecified atom stereocenters. The average Bonchev–Trinajstić information content (AvgIpc) is 2.12. The lowest BCUT2D eigenvalue weighted by Crippen LogP contribution is -2.39. The molecule has 1 aliphatic heterocycles. The van der Waals surface area contributed by atoms with Gasteiger partial charge >= 0.3 is 0 Å². The zero-order valence-corrected chi connectivity index (χ0v) is 6.14. The first kappa shape index (κ1) is 6.57. The lowest BCUT2D eigenvalue weighted by atomic mass is 10.5. The maximum atomic E-state index is 4.85. The molecule has 0 aromatic rings. The van der Waals surface area contributed by atoms with Crippen LogP contribution in [-0.4, -0.2) is 30.3 Å². The maximum Gasteiger partial charge on any atom is 0.166 e. The number of likely N-dealkylation sites (N-methyl/N-ethyl adjacent to an activating group) is 2. The minimum atomic E-state index is 0.0139. The van der Waals surface area contributed by atoms with Crippen LogP contribution in [0.3, 0.4) is 0 Å². The Kier molecular flexibility index (Phi) is 1.73. The van der Waals surface area contributed by atoms with Crippen LogP contribution in [0.15, 0.2) is 10.3 Å². The van der Waals surface area contributed by atoms with Gasteiger partial charge in [0.2, 0.25) is 0 Å². The monoisotopic (exact) mass is 144 g/mol. The van der Waals surface area contributed by atoms with Gasteiger partial charge in [-0.15, -0.1) is 5.11 Å². The summed E-state index contributed by atoms with van der Waals surface area (Å²) in [6.45, 7) is 0. The molecule has 0 saturated heterocycles. The molecule has 9 heavy (non-hydrogen) atoms. The smallest absolute Gasteiger partial charge is 0.166 e. The third-order valence-corrected chi connectivity index (χ3v) is 1.47. The molecule has 0 aromatic carbocycles. The van der Waals surface area contributed by atoms with Crippen LogP contribution < -0.4 is 5.32 Å². The number of hydrogen-bond acceptors (Lipinski definition) is 4. The highest BCUT2D eigenvalue weighted by molar-refractivity contribution is 7.80. The Labute approximate surface area is 58.9 Å². The van der Waals surface area contributed by atoms with E-state index >= 15 is 0 Å². The highest BCUT2D eigenvalue weighted by atomic mass is 32.1. The summed E-state index contributed by atoms with van der Waals surface area (Å²) >= 11 is 4.85. The molecule has 0 radical (unpaired) electrons. The second-order valence-electron chi connectivity index (χ2n) is 1.79. The van der Waals surface area contributed by atoms with Crippen LogP contribution >= 0.6 is 12.2 Å². The SMILES string of the molecule is CNC1C(=S)N=NN1C.